The van der Waals surface area contributed by atoms with Crippen LogP contribution in [0, 0.1) is 0 Å². The minimum absolute atomic E-state index is 0.0851. The highest BCUT2D eigenvalue weighted by atomic mass is 16.6. The predicted octanol–water partition coefficient (Wildman–Crippen LogP) is 18.4. The second-order valence-electron chi connectivity index (χ2n) is 18.5. The van der Waals surface area contributed by atoms with Gasteiger partial charge >= 0.3 is 17.9 Å². The molecule has 6 nitrogen and oxygen atoms in total. The van der Waals surface area contributed by atoms with Crippen LogP contribution >= 0.6 is 0 Å². The summed E-state index contributed by atoms with van der Waals surface area (Å²) >= 11 is 0. The molecule has 0 spiro atoms. The van der Waals surface area contributed by atoms with E-state index in [0.717, 1.165) is 109 Å². The largest absolute Gasteiger partial charge is 0.462 e. The average Bonchev–Trinajstić information content (AvgIpc) is 3.30. The van der Waals surface area contributed by atoms with Crippen molar-refractivity contribution in [3.8, 4) is 0 Å². The lowest BCUT2D eigenvalue weighted by Crippen LogP contribution is -2.30. The summed E-state index contributed by atoms with van der Waals surface area (Å²) in [6, 6.07) is 0. The van der Waals surface area contributed by atoms with E-state index < -0.39 is 6.10 Å². The van der Waals surface area contributed by atoms with Gasteiger partial charge in [0.05, 0.1) is 0 Å². The van der Waals surface area contributed by atoms with E-state index in [9.17, 15) is 14.4 Å². The fourth-order valence-corrected chi connectivity index (χ4v) is 7.77. The summed E-state index contributed by atoms with van der Waals surface area (Å²) in [6.07, 6.45) is 66.3. The number of hydrogen-bond donors (Lipinski definition) is 0. The van der Waals surface area contributed by atoms with Gasteiger partial charge in [0.15, 0.2) is 6.10 Å². The van der Waals surface area contributed by atoms with Gasteiger partial charge in [0.1, 0.15) is 13.2 Å². The molecule has 0 N–H and O–H groups in total. The number of allylic oxidation sites excluding steroid dienone is 10. The smallest absolute Gasteiger partial charge is 0.306 e. The Labute approximate surface area is 402 Å². The molecule has 0 aromatic rings. The third kappa shape index (κ3) is 51.9. The number of esters is 3. The van der Waals surface area contributed by atoms with E-state index in [1.54, 1.807) is 0 Å². The van der Waals surface area contributed by atoms with E-state index in [1.807, 2.05) is 0 Å². The van der Waals surface area contributed by atoms with Crippen LogP contribution in [0.5, 0.6) is 0 Å². The zero-order valence-corrected chi connectivity index (χ0v) is 43.0. The molecule has 0 bridgehead atoms. The van der Waals surface area contributed by atoms with E-state index in [4.69, 9.17) is 14.2 Å². The van der Waals surface area contributed by atoms with Crippen LogP contribution < -0.4 is 0 Å². The molecule has 0 aliphatic carbocycles. The Morgan fingerprint density at radius 2 is 0.554 bits per heavy atom. The normalized spacial score (nSPS) is 12.5. The van der Waals surface area contributed by atoms with Crippen molar-refractivity contribution >= 4 is 17.9 Å². The molecule has 0 amide bonds. The zero-order valence-electron chi connectivity index (χ0n) is 43.0. The molecule has 0 aromatic heterocycles. The van der Waals surface area contributed by atoms with Crippen molar-refractivity contribution in [3.63, 3.8) is 0 Å². The minimum atomic E-state index is -0.789. The first-order valence-corrected chi connectivity index (χ1v) is 27.8. The summed E-state index contributed by atoms with van der Waals surface area (Å²) in [6.45, 7) is 6.57. The third-order valence-electron chi connectivity index (χ3n) is 12.0. The van der Waals surface area contributed by atoms with Crippen LogP contribution in [0.1, 0.15) is 278 Å². The van der Waals surface area contributed by atoms with Crippen molar-refractivity contribution in [3.05, 3.63) is 60.8 Å². The van der Waals surface area contributed by atoms with Crippen molar-refractivity contribution in [1.29, 1.82) is 0 Å². The van der Waals surface area contributed by atoms with Crippen LogP contribution in [0.2, 0.25) is 0 Å². The Balaban J connectivity index is 4.43. The van der Waals surface area contributed by atoms with Crippen LogP contribution in [-0.4, -0.2) is 37.2 Å². The van der Waals surface area contributed by atoms with Crippen LogP contribution in [0.3, 0.4) is 0 Å². The third-order valence-corrected chi connectivity index (χ3v) is 12.0. The van der Waals surface area contributed by atoms with Gasteiger partial charge in [0.25, 0.3) is 0 Å². The van der Waals surface area contributed by atoms with Crippen molar-refractivity contribution < 1.29 is 28.6 Å². The molecule has 0 aliphatic rings. The molecule has 0 saturated carbocycles. The van der Waals surface area contributed by atoms with Crippen LogP contribution in [0.15, 0.2) is 60.8 Å². The Morgan fingerprint density at radius 1 is 0.308 bits per heavy atom. The first kappa shape index (κ1) is 62.1. The molecule has 0 heterocycles. The zero-order chi connectivity index (χ0) is 47.2. The summed E-state index contributed by atoms with van der Waals surface area (Å²) in [5.41, 5.74) is 0. The Kier molecular flexibility index (Phi) is 51.3. The second-order valence-corrected chi connectivity index (χ2v) is 18.5. The number of hydrogen-bond acceptors (Lipinski definition) is 6. The number of rotatable bonds is 50. The maximum absolute atomic E-state index is 12.8. The molecule has 6 heteroatoms. The average molecular weight is 909 g/mol. The highest BCUT2D eigenvalue weighted by Gasteiger charge is 2.19. The fourth-order valence-electron chi connectivity index (χ4n) is 7.77. The van der Waals surface area contributed by atoms with Crippen molar-refractivity contribution in [2.45, 2.75) is 284 Å². The first-order chi connectivity index (χ1) is 32.0. The van der Waals surface area contributed by atoms with E-state index >= 15 is 0 Å². The van der Waals surface area contributed by atoms with E-state index in [0.29, 0.717) is 19.3 Å². The lowest BCUT2D eigenvalue weighted by atomic mass is 10.0. The number of ether oxygens (including phenoxy) is 3. The predicted molar refractivity (Wildman–Crippen MR) is 279 cm³/mol. The quantitative estimate of drug-likeness (QED) is 0.0262. The standard InChI is InChI=1S/C59H104O6/c1-4-7-10-13-16-19-22-25-28-29-32-34-37-40-43-46-49-52-58(61)64-55-56(65-59(62)53-50-47-44-41-38-35-31-27-24-21-18-15-12-9-6-3)54-63-57(60)51-48-45-42-39-36-33-30-26-23-20-17-14-11-8-5-2/h16,18-19,21,25,27-28,31-32,34,56H,4-15,17,20,22-24,26,29-30,33,35-55H2,1-3H3/b19-16+,21-18+,28-25+,31-27+,34-32+/t56-/m1/s1. The topological polar surface area (TPSA) is 78.9 Å². The number of carbonyl (C=O) groups excluding carboxylic acids is 3. The van der Waals surface area contributed by atoms with Gasteiger partial charge in [-0.25, -0.2) is 0 Å². The highest BCUT2D eigenvalue weighted by molar-refractivity contribution is 5.71. The Bertz CT molecular complexity index is 1180. The molecule has 0 unspecified atom stereocenters. The van der Waals surface area contributed by atoms with Crippen molar-refractivity contribution in [2.24, 2.45) is 0 Å². The van der Waals surface area contributed by atoms with Gasteiger partial charge in [0, 0.05) is 19.3 Å². The summed E-state index contributed by atoms with van der Waals surface area (Å²) in [7, 11) is 0. The van der Waals surface area contributed by atoms with Gasteiger partial charge in [-0.2, -0.15) is 0 Å². The molecule has 0 aliphatic heterocycles. The molecule has 1 atom stereocenters. The monoisotopic (exact) mass is 909 g/mol. The summed E-state index contributed by atoms with van der Waals surface area (Å²) in [5.74, 6) is -0.912. The van der Waals surface area contributed by atoms with E-state index in [2.05, 4.69) is 81.5 Å². The Hall–Kier alpha value is -2.89. The van der Waals surface area contributed by atoms with Crippen LogP contribution in [-0.2, 0) is 28.6 Å². The Morgan fingerprint density at radius 3 is 0.892 bits per heavy atom. The van der Waals surface area contributed by atoms with Gasteiger partial charge in [-0.3, -0.25) is 14.4 Å². The molecule has 65 heavy (non-hydrogen) atoms. The van der Waals surface area contributed by atoms with Gasteiger partial charge < -0.3 is 14.2 Å². The molecule has 0 saturated heterocycles. The highest BCUT2D eigenvalue weighted by Crippen LogP contribution is 2.15. The molecule has 0 fully saturated rings. The molecule has 376 valence electrons. The summed E-state index contributed by atoms with van der Waals surface area (Å²) < 4.78 is 16.8. The minimum Gasteiger partial charge on any atom is -0.462 e. The molecule has 0 rings (SSSR count). The first-order valence-electron chi connectivity index (χ1n) is 27.8. The lowest BCUT2D eigenvalue weighted by Gasteiger charge is -2.18. The number of unbranched alkanes of at least 4 members (excludes halogenated alkanes) is 29. The van der Waals surface area contributed by atoms with Gasteiger partial charge in [-0.1, -0.05) is 229 Å². The van der Waals surface area contributed by atoms with Gasteiger partial charge in [-0.05, 0) is 89.9 Å². The maximum atomic E-state index is 12.8. The molecule has 0 aromatic carbocycles. The van der Waals surface area contributed by atoms with Crippen molar-refractivity contribution in [1.82, 2.24) is 0 Å². The van der Waals surface area contributed by atoms with Crippen molar-refractivity contribution in [2.75, 3.05) is 13.2 Å². The molecular formula is C59H104O6. The molecular weight excluding hydrogens is 805 g/mol. The lowest BCUT2D eigenvalue weighted by molar-refractivity contribution is -0.167. The van der Waals surface area contributed by atoms with E-state index in [1.165, 1.54) is 128 Å². The SMILES string of the molecule is CCCCC/C=C/C/C=C/C/C=C/CCCCCCC(=O)OC[C@@H](COC(=O)CCCCCCCCCCCCCCCCC)OC(=O)CCCCCCC/C=C/C/C=C/CCCCC. The summed E-state index contributed by atoms with van der Waals surface area (Å²) in [5, 5.41) is 0. The number of carbonyl (C=O) groups is 3. The van der Waals surface area contributed by atoms with Crippen LogP contribution in [0.4, 0.5) is 0 Å². The second kappa shape index (κ2) is 53.7. The van der Waals surface area contributed by atoms with Gasteiger partial charge in [0.2, 0.25) is 0 Å². The van der Waals surface area contributed by atoms with Crippen LogP contribution in [0.25, 0.3) is 0 Å². The molecule has 0 radical (unpaired) electrons. The maximum Gasteiger partial charge on any atom is 0.306 e. The van der Waals surface area contributed by atoms with E-state index in [-0.39, 0.29) is 31.1 Å². The fraction of sp³-hybridized carbons (Fsp3) is 0.780. The summed E-state index contributed by atoms with van der Waals surface area (Å²) in [4.78, 5) is 38.1. The van der Waals surface area contributed by atoms with Gasteiger partial charge in [-0.15, -0.1) is 0 Å².